The first-order valence-electron chi connectivity index (χ1n) is 10.6. The van der Waals surface area contributed by atoms with E-state index in [0.717, 1.165) is 23.8 Å². The van der Waals surface area contributed by atoms with Gasteiger partial charge in [0.2, 0.25) is 5.91 Å². The first-order chi connectivity index (χ1) is 14.4. The van der Waals surface area contributed by atoms with Crippen LogP contribution in [0.15, 0.2) is 11.0 Å². The highest BCUT2D eigenvalue weighted by Gasteiger charge is 2.46. The molecule has 0 saturated carbocycles. The van der Waals surface area contributed by atoms with Crippen molar-refractivity contribution in [1.82, 2.24) is 14.9 Å². The molecule has 10 heteroatoms. The van der Waals surface area contributed by atoms with Crippen molar-refractivity contribution in [2.24, 2.45) is 0 Å². The second kappa shape index (κ2) is 12.0. The zero-order valence-electron chi connectivity index (χ0n) is 17.7. The van der Waals surface area contributed by atoms with Gasteiger partial charge in [-0.25, -0.2) is 4.79 Å². The summed E-state index contributed by atoms with van der Waals surface area (Å²) in [6.45, 7) is 3.64. The van der Waals surface area contributed by atoms with Crippen molar-refractivity contribution >= 4 is 11.7 Å². The summed E-state index contributed by atoms with van der Waals surface area (Å²) < 4.78 is 12.4. The molecule has 0 spiro atoms. The zero-order chi connectivity index (χ0) is 22.1. The number of unbranched alkanes of at least 4 members (excludes halogenated alkanes) is 5. The molecule has 170 valence electrons. The smallest absolute Gasteiger partial charge is 0.351 e. The van der Waals surface area contributed by atoms with Gasteiger partial charge in [0.15, 0.2) is 6.23 Å². The fourth-order valence-corrected chi connectivity index (χ4v) is 3.39. The van der Waals surface area contributed by atoms with Crippen LogP contribution >= 0.6 is 0 Å². The molecule has 0 aromatic carbocycles. The minimum absolute atomic E-state index is 0.0973. The van der Waals surface area contributed by atoms with Gasteiger partial charge in [0.05, 0.1) is 6.61 Å². The Balaban J connectivity index is 1.91. The average molecular weight is 427 g/mol. The summed E-state index contributed by atoms with van der Waals surface area (Å²) in [4.78, 5) is 28.1. The Labute approximate surface area is 176 Å². The quantitative estimate of drug-likeness (QED) is 0.347. The van der Waals surface area contributed by atoms with Gasteiger partial charge in [-0.2, -0.15) is 4.98 Å². The summed E-state index contributed by atoms with van der Waals surface area (Å²) in [5.74, 6) is -0.221. The maximum Gasteiger partial charge on any atom is 0.351 e. The van der Waals surface area contributed by atoms with Crippen LogP contribution < -0.4 is 16.7 Å². The van der Waals surface area contributed by atoms with Gasteiger partial charge in [0, 0.05) is 18.3 Å². The van der Waals surface area contributed by atoms with Crippen LogP contribution in [0.4, 0.5) is 5.82 Å². The number of ether oxygens (including phenoxy) is 2. The van der Waals surface area contributed by atoms with E-state index in [1.165, 1.54) is 25.5 Å². The third-order valence-corrected chi connectivity index (χ3v) is 5.20. The van der Waals surface area contributed by atoms with Crippen LogP contribution in [0.1, 0.15) is 57.2 Å². The lowest BCUT2D eigenvalue weighted by atomic mass is 10.1. The Hall–Kier alpha value is -2.01. The van der Waals surface area contributed by atoms with Crippen LogP contribution in [-0.2, 0) is 14.3 Å². The fourth-order valence-electron chi connectivity index (χ4n) is 3.39. The maximum atomic E-state index is 12.2. The minimum Gasteiger partial charge on any atom is -0.394 e. The molecule has 2 heterocycles. The molecule has 1 saturated heterocycles. The van der Waals surface area contributed by atoms with E-state index in [0.29, 0.717) is 12.1 Å². The van der Waals surface area contributed by atoms with Crippen LogP contribution in [0, 0.1) is 6.92 Å². The number of rotatable bonds is 12. The normalized spacial score (nSPS) is 23.6. The van der Waals surface area contributed by atoms with E-state index in [-0.39, 0.29) is 18.3 Å². The number of nitrogens with one attached hydrogen (secondary N) is 1. The van der Waals surface area contributed by atoms with E-state index < -0.39 is 36.8 Å². The molecule has 5 N–H and O–H groups in total. The van der Waals surface area contributed by atoms with Crippen molar-refractivity contribution < 1.29 is 24.5 Å². The average Bonchev–Trinajstić information content (AvgIpc) is 3.03. The highest BCUT2D eigenvalue weighted by molar-refractivity contribution is 5.77. The summed E-state index contributed by atoms with van der Waals surface area (Å²) in [6, 6.07) is 0. The third-order valence-electron chi connectivity index (χ3n) is 5.20. The molecule has 2 rings (SSSR count). The molecule has 1 aromatic heterocycles. The summed E-state index contributed by atoms with van der Waals surface area (Å²) >= 11 is 0. The number of aryl methyl sites for hydroxylation is 1. The predicted octanol–water partition coefficient (Wildman–Crippen LogP) is 0.246. The van der Waals surface area contributed by atoms with Crippen molar-refractivity contribution in [1.29, 1.82) is 0 Å². The van der Waals surface area contributed by atoms with Gasteiger partial charge in [0.1, 0.15) is 30.7 Å². The molecule has 4 atom stereocenters. The largest absolute Gasteiger partial charge is 0.394 e. The molecular formula is C20H34N4O6. The molecular weight excluding hydrogens is 392 g/mol. The number of aliphatic hydroxyl groups excluding tert-OH is 2. The lowest BCUT2D eigenvalue weighted by Gasteiger charge is -2.22. The number of nitrogens with zero attached hydrogens (tertiary/aromatic N) is 2. The summed E-state index contributed by atoms with van der Waals surface area (Å²) in [5.41, 5.74) is 5.54. The van der Waals surface area contributed by atoms with Gasteiger partial charge in [-0.15, -0.1) is 0 Å². The van der Waals surface area contributed by atoms with Crippen LogP contribution in [0.2, 0.25) is 0 Å². The number of aliphatic hydroxyl groups is 2. The van der Waals surface area contributed by atoms with E-state index >= 15 is 0 Å². The van der Waals surface area contributed by atoms with Crippen molar-refractivity contribution in [3.05, 3.63) is 22.2 Å². The monoisotopic (exact) mass is 426 g/mol. The predicted molar refractivity (Wildman–Crippen MR) is 111 cm³/mol. The molecule has 0 unspecified atom stereocenters. The second-order valence-corrected chi connectivity index (χ2v) is 7.63. The van der Waals surface area contributed by atoms with Crippen LogP contribution in [0.3, 0.4) is 0 Å². The Bertz CT molecular complexity index is 740. The first kappa shape index (κ1) is 24.3. The van der Waals surface area contributed by atoms with Gasteiger partial charge < -0.3 is 30.7 Å². The first-order valence-corrected chi connectivity index (χ1v) is 10.6. The molecule has 30 heavy (non-hydrogen) atoms. The second-order valence-electron chi connectivity index (χ2n) is 7.63. The van der Waals surface area contributed by atoms with Gasteiger partial charge in [-0.3, -0.25) is 9.36 Å². The lowest BCUT2D eigenvalue weighted by molar-refractivity contribution is -0.133. The Morgan fingerprint density at radius 2 is 2.03 bits per heavy atom. The fraction of sp³-hybridized carbons (Fsp3) is 0.750. The number of amides is 1. The molecule has 1 aliphatic heterocycles. The number of aromatic nitrogens is 2. The van der Waals surface area contributed by atoms with Gasteiger partial charge in [0.25, 0.3) is 0 Å². The van der Waals surface area contributed by atoms with Gasteiger partial charge >= 0.3 is 5.69 Å². The molecule has 1 aromatic rings. The Kier molecular flexibility index (Phi) is 9.70. The number of carbonyl (C=O) groups is 1. The van der Waals surface area contributed by atoms with Crippen molar-refractivity contribution in [2.75, 3.05) is 25.5 Å². The van der Waals surface area contributed by atoms with Crippen LogP contribution in [0.5, 0.6) is 0 Å². The van der Waals surface area contributed by atoms with Gasteiger partial charge in [-0.1, -0.05) is 39.0 Å². The highest BCUT2D eigenvalue weighted by atomic mass is 16.6. The summed E-state index contributed by atoms with van der Waals surface area (Å²) in [6.07, 6.45) is 3.97. The molecule has 1 fully saturated rings. The topological polar surface area (TPSA) is 149 Å². The molecule has 1 amide bonds. The lowest BCUT2D eigenvalue weighted by Crippen LogP contribution is -2.40. The standard InChI is InChI=1S/C20H34N4O6/c1-3-4-5-6-7-8-9-22-15(26)12-29-17-16(27)14(11-25)30-19(17)24-10-13(2)18(21)23-20(24)28/h10,14,16-17,19,25,27H,3-9,11-12H2,1-2H3,(H,22,26)(H2,21,23,28)/t14-,16-,17-,19-/m1/s1. The summed E-state index contributed by atoms with van der Waals surface area (Å²) in [7, 11) is 0. The van der Waals surface area contributed by atoms with E-state index in [9.17, 15) is 19.8 Å². The number of nitrogens with two attached hydrogens (primary N) is 1. The van der Waals surface area contributed by atoms with Crippen LogP contribution in [0.25, 0.3) is 0 Å². The molecule has 0 bridgehead atoms. The number of anilines is 1. The Morgan fingerprint density at radius 3 is 2.73 bits per heavy atom. The van der Waals surface area contributed by atoms with Crippen molar-refractivity contribution in [3.63, 3.8) is 0 Å². The number of hydrogen-bond acceptors (Lipinski definition) is 8. The molecule has 10 nitrogen and oxygen atoms in total. The summed E-state index contributed by atoms with van der Waals surface area (Å²) in [5, 5.41) is 22.7. The van der Waals surface area contributed by atoms with E-state index in [4.69, 9.17) is 15.2 Å². The van der Waals surface area contributed by atoms with E-state index in [1.54, 1.807) is 6.92 Å². The third kappa shape index (κ3) is 6.49. The molecule has 0 radical (unpaired) electrons. The maximum absolute atomic E-state index is 12.2. The van der Waals surface area contributed by atoms with Crippen LogP contribution in [-0.4, -0.2) is 63.7 Å². The number of carbonyl (C=O) groups excluding carboxylic acids is 1. The van der Waals surface area contributed by atoms with Crippen molar-refractivity contribution in [2.45, 2.75) is 76.9 Å². The number of nitrogen functional groups attached to an aromatic ring is 1. The van der Waals surface area contributed by atoms with E-state index in [2.05, 4.69) is 17.2 Å². The number of hydrogen-bond donors (Lipinski definition) is 4. The van der Waals surface area contributed by atoms with Gasteiger partial charge in [-0.05, 0) is 13.3 Å². The molecule has 1 aliphatic rings. The van der Waals surface area contributed by atoms with E-state index in [1.807, 2.05) is 0 Å². The SMILES string of the molecule is CCCCCCCCNC(=O)CO[C@@H]1[C@H](O)[C@@H](CO)O[C@H]1n1cc(C)c(N)nc1=O. The highest BCUT2D eigenvalue weighted by Crippen LogP contribution is 2.31. The molecule has 0 aliphatic carbocycles. The Morgan fingerprint density at radius 1 is 1.33 bits per heavy atom. The minimum atomic E-state index is -1.21. The van der Waals surface area contributed by atoms with Crippen molar-refractivity contribution in [3.8, 4) is 0 Å². The zero-order valence-corrected chi connectivity index (χ0v) is 17.7.